The number of amides is 3. The first-order chi connectivity index (χ1) is 14.5. The highest BCUT2D eigenvalue weighted by Crippen LogP contribution is 2.32. The summed E-state index contributed by atoms with van der Waals surface area (Å²) in [6, 6.07) is 5.51. The van der Waals surface area contributed by atoms with Gasteiger partial charge in [0, 0.05) is 38.8 Å². The third-order valence-corrected chi connectivity index (χ3v) is 5.96. The zero-order valence-electron chi connectivity index (χ0n) is 17.1. The molecule has 0 spiro atoms. The summed E-state index contributed by atoms with van der Waals surface area (Å²) in [6.45, 7) is 4.26. The summed E-state index contributed by atoms with van der Waals surface area (Å²) in [6.07, 6.45) is -1.82. The molecule has 30 heavy (non-hydrogen) atoms. The molecule has 1 aromatic carbocycles. The number of nitrogens with one attached hydrogen (secondary N) is 2. The zero-order valence-corrected chi connectivity index (χ0v) is 17.1. The fraction of sp³-hybridized carbons (Fsp3) is 0.600. The smallest absolute Gasteiger partial charge is 0.319 e. The van der Waals surface area contributed by atoms with E-state index in [0.717, 1.165) is 0 Å². The molecule has 3 saturated heterocycles. The number of hydrogen-bond donors (Lipinski definition) is 3. The molecule has 3 amide bonds. The SMILES string of the molecule is COc1ccc(NC(=O)NC2C3COC(O3)C(N3CCN(C(C)=O)CC3)C2O)cc1. The van der Waals surface area contributed by atoms with Gasteiger partial charge in [-0.05, 0) is 24.3 Å². The Balaban J connectivity index is 1.39. The summed E-state index contributed by atoms with van der Waals surface area (Å²) in [7, 11) is 1.58. The van der Waals surface area contributed by atoms with Crippen LogP contribution in [0.25, 0.3) is 0 Å². The summed E-state index contributed by atoms with van der Waals surface area (Å²) in [4.78, 5) is 28.0. The van der Waals surface area contributed by atoms with Gasteiger partial charge in [0.25, 0.3) is 0 Å². The van der Waals surface area contributed by atoms with Crippen LogP contribution in [-0.2, 0) is 14.3 Å². The van der Waals surface area contributed by atoms with E-state index in [1.54, 1.807) is 43.2 Å². The lowest BCUT2D eigenvalue weighted by molar-refractivity contribution is -0.185. The van der Waals surface area contributed by atoms with Crippen molar-refractivity contribution < 1.29 is 28.9 Å². The summed E-state index contributed by atoms with van der Waals surface area (Å²) < 4.78 is 16.8. The van der Waals surface area contributed by atoms with Crippen LogP contribution < -0.4 is 15.4 Å². The summed E-state index contributed by atoms with van der Waals surface area (Å²) in [5, 5.41) is 16.7. The summed E-state index contributed by atoms with van der Waals surface area (Å²) in [5.74, 6) is 0.737. The van der Waals surface area contributed by atoms with Gasteiger partial charge in [0.1, 0.15) is 11.9 Å². The summed E-state index contributed by atoms with van der Waals surface area (Å²) in [5.41, 5.74) is 0.608. The van der Waals surface area contributed by atoms with Crippen LogP contribution in [0.5, 0.6) is 5.75 Å². The number of rotatable bonds is 4. The number of nitrogens with zero attached hydrogens (tertiary/aromatic N) is 2. The lowest BCUT2D eigenvalue weighted by atomic mass is 9.94. The number of anilines is 1. The molecule has 0 aliphatic carbocycles. The van der Waals surface area contributed by atoms with E-state index in [2.05, 4.69) is 15.5 Å². The second-order valence-corrected chi connectivity index (χ2v) is 7.75. The molecule has 5 atom stereocenters. The van der Waals surface area contributed by atoms with Crippen LogP contribution in [0.2, 0.25) is 0 Å². The van der Waals surface area contributed by atoms with Gasteiger partial charge in [0.05, 0.1) is 31.9 Å². The minimum absolute atomic E-state index is 0.0435. The van der Waals surface area contributed by atoms with E-state index < -0.39 is 36.6 Å². The molecule has 10 heteroatoms. The lowest BCUT2D eigenvalue weighted by Crippen LogP contribution is -2.67. The number of ether oxygens (including phenoxy) is 3. The van der Waals surface area contributed by atoms with Gasteiger partial charge < -0.3 is 34.9 Å². The van der Waals surface area contributed by atoms with Crippen LogP contribution in [0.4, 0.5) is 10.5 Å². The van der Waals surface area contributed by atoms with Crippen molar-refractivity contribution in [2.24, 2.45) is 0 Å². The Morgan fingerprint density at radius 3 is 2.50 bits per heavy atom. The Morgan fingerprint density at radius 1 is 1.17 bits per heavy atom. The van der Waals surface area contributed by atoms with Crippen molar-refractivity contribution in [3.05, 3.63) is 24.3 Å². The molecule has 3 aliphatic heterocycles. The molecule has 0 aromatic heterocycles. The number of aliphatic hydroxyl groups is 1. The first-order valence-corrected chi connectivity index (χ1v) is 10.1. The normalized spacial score (nSPS) is 31.3. The van der Waals surface area contributed by atoms with Crippen molar-refractivity contribution in [2.45, 2.75) is 37.5 Å². The first kappa shape index (κ1) is 20.9. The van der Waals surface area contributed by atoms with Crippen molar-refractivity contribution in [3.8, 4) is 5.75 Å². The number of carbonyl (C=O) groups excluding carboxylic acids is 2. The Bertz CT molecular complexity index is 767. The van der Waals surface area contributed by atoms with Crippen LogP contribution in [0, 0.1) is 0 Å². The molecule has 0 radical (unpaired) electrons. The van der Waals surface area contributed by atoms with Crippen LogP contribution in [0.15, 0.2) is 24.3 Å². The topological polar surface area (TPSA) is 113 Å². The molecule has 5 unspecified atom stereocenters. The second kappa shape index (κ2) is 8.76. The summed E-state index contributed by atoms with van der Waals surface area (Å²) >= 11 is 0. The number of carbonyl (C=O) groups is 2. The van der Waals surface area contributed by atoms with Gasteiger partial charge in [-0.25, -0.2) is 4.79 Å². The molecule has 3 aliphatic rings. The highest BCUT2D eigenvalue weighted by molar-refractivity contribution is 5.89. The van der Waals surface area contributed by atoms with Gasteiger partial charge in [-0.15, -0.1) is 0 Å². The van der Waals surface area contributed by atoms with E-state index in [0.29, 0.717) is 44.2 Å². The van der Waals surface area contributed by atoms with Crippen molar-refractivity contribution >= 4 is 17.6 Å². The van der Waals surface area contributed by atoms with E-state index in [-0.39, 0.29) is 5.91 Å². The first-order valence-electron chi connectivity index (χ1n) is 10.1. The molecule has 1 aromatic rings. The minimum atomic E-state index is -0.859. The van der Waals surface area contributed by atoms with E-state index in [1.807, 2.05) is 0 Å². The highest BCUT2D eigenvalue weighted by atomic mass is 16.7. The molecule has 10 nitrogen and oxygen atoms in total. The number of piperazine rings is 1. The van der Waals surface area contributed by atoms with Gasteiger partial charge in [-0.3, -0.25) is 9.69 Å². The van der Waals surface area contributed by atoms with Crippen molar-refractivity contribution in [3.63, 3.8) is 0 Å². The monoisotopic (exact) mass is 420 g/mol. The van der Waals surface area contributed by atoms with Gasteiger partial charge in [-0.2, -0.15) is 0 Å². The van der Waals surface area contributed by atoms with Crippen LogP contribution in [0.1, 0.15) is 6.92 Å². The molecular weight excluding hydrogens is 392 g/mol. The van der Waals surface area contributed by atoms with Gasteiger partial charge in [0.15, 0.2) is 6.29 Å². The number of fused-ring (bicyclic) bond motifs is 2. The molecule has 0 saturated carbocycles. The average Bonchev–Trinajstić information content (AvgIpc) is 3.17. The molecule has 4 rings (SSSR count). The predicted octanol–water partition coefficient (Wildman–Crippen LogP) is -0.166. The van der Waals surface area contributed by atoms with Gasteiger partial charge >= 0.3 is 6.03 Å². The van der Waals surface area contributed by atoms with Gasteiger partial charge in [0.2, 0.25) is 5.91 Å². The van der Waals surface area contributed by atoms with Crippen molar-refractivity contribution in [1.29, 1.82) is 0 Å². The Labute approximate surface area is 175 Å². The van der Waals surface area contributed by atoms with E-state index in [4.69, 9.17) is 14.2 Å². The van der Waals surface area contributed by atoms with Crippen molar-refractivity contribution in [2.75, 3.05) is 45.2 Å². The standard InChI is InChI=1S/C20H28N4O6/c1-12(25)23-7-9-24(10-8-23)17-18(26)16(15-11-29-19(17)30-15)22-20(27)21-13-3-5-14(28-2)6-4-13/h3-6,15-19,26H,7-11H2,1-2H3,(H2,21,22,27). The Kier molecular flexibility index (Phi) is 6.09. The fourth-order valence-electron chi connectivity index (χ4n) is 4.30. The van der Waals surface area contributed by atoms with Crippen molar-refractivity contribution in [1.82, 2.24) is 15.1 Å². The van der Waals surface area contributed by atoms with E-state index in [1.165, 1.54) is 0 Å². The molecule has 3 N–H and O–H groups in total. The number of methoxy groups -OCH3 is 1. The second-order valence-electron chi connectivity index (χ2n) is 7.75. The lowest BCUT2D eigenvalue weighted by Gasteiger charge is -2.46. The van der Waals surface area contributed by atoms with Crippen LogP contribution in [-0.4, -0.2) is 97.3 Å². The zero-order chi connectivity index (χ0) is 21.3. The predicted molar refractivity (Wildman–Crippen MR) is 107 cm³/mol. The van der Waals surface area contributed by atoms with Crippen LogP contribution in [0.3, 0.4) is 0 Å². The highest BCUT2D eigenvalue weighted by Gasteiger charge is 2.52. The number of hydrogen-bond acceptors (Lipinski definition) is 7. The Morgan fingerprint density at radius 2 is 1.87 bits per heavy atom. The maximum atomic E-state index is 12.5. The maximum Gasteiger partial charge on any atom is 0.319 e. The Hall–Kier alpha value is -2.40. The molecule has 3 fully saturated rings. The largest absolute Gasteiger partial charge is 0.497 e. The van der Waals surface area contributed by atoms with E-state index in [9.17, 15) is 14.7 Å². The minimum Gasteiger partial charge on any atom is -0.497 e. The fourth-order valence-corrected chi connectivity index (χ4v) is 4.30. The molecular formula is C20H28N4O6. The molecule has 3 heterocycles. The average molecular weight is 420 g/mol. The van der Waals surface area contributed by atoms with Crippen LogP contribution >= 0.6 is 0 Å². The van der Waals surface area contributed by atoms with E-state index >= 15 is 0 Å². The van der Waals surface area contributed by atoms with Gasteiger partial charge in [-0.1, -0.05) is 0 Å². The quantitative estimate of drug-likeness (QED) is 0.620. The molecule has 164 valence electrons. The third kappa shape index (κ3) is 4.22. The number of benzene rings is 1. The number of urea groups is 1. The maximum absolute atomic E-state index is 12.5. The molecule has 2 bridgehead atoms. The third-order valence-electron chi connectivity index (χ3n) is 5.96. The number of aliphatic hydroxyl groups excluding tert-OH is 1.